The molecule has 0 bridgehead atoms. The van der Waals surface area contributed by atoms with E-state index in [-0.39, 0.29) is 11.6 Å². The number of anilines is 1. The lowest BCUT2D eigenvalue weighted by atomic mass is 10.1. The highest BCUT2D eigenvalue weighted by Gasteiger charge is 2.24. The number of carbonyl (C=O) groups is 1. The summed E-state index contributed by atoms with van der Waals surface area (Å²) in [5, 5.41) is 13.2. The van der Waals surface area contributed by atoms with E-state index in [1.807, 2.05) is 36.4 Å². The SMILES string of the molecule is O=C(Nc1ccc(F)cc1F)NC(c1ccccc1)c1nnc(-c2ccccc2)o1. The van der Waals surface area contributed by atoms with Crippen LogP contribution in [0, 0.1) is 11.6 Å². The van der Waals surface area contributed by atoms with Crippen molar-refractivity contribution in [3.05, 3.63) is 102 Å². The average molecular weight is 406 g/mol. The van der Waals surface area contributed by atoms with Gasteiger partial charge in [-0.3, -0.25) is 0 Å². The Morgan fingerprint density at radius 1 is 0.900 bits per heavy atom. The van der Waals surface area contributed by atoms with Crippen LogP contribution in [0.5, 0.6) is 0 Å². The molecular formula is C22H16F2N4O2. The molecule has 2 amide bonds. The molecule has 1 unspecified atom stereocenters. The van der Waals surface area contributed by atoms with Crippen molar-refractivity contribution in [3.63, 3.8) is 0 Å². The lowest BCUT2D eigenvalue weighted by Crippen LogP contribution is -2.33. The molecule has 0 radical (unpaired) electrons. The molecule has 150 valence electrons. The first kappa shape index (κ1) is 19.3. The first-order valence-corrected chi connectivity index (χ1v) is 9.06. The summed E-state index contributed by atoms with van der Waals surface area (Å²) in [6.45, 7) is 0. The number of nitrogens with zero attached hydrogens (tertiary/aromatic N) is 2. The summed E-state index contributed by atoms with van der Waals surface area (Å²) in [6.07, 6.45) is 0. The van der Waals surface area contributed by atoms with Crippen LogP contribution in [0.1, 0.15) is 17.5 Å². The van der Waals surface area contributed by atoms with Crippen molar-refractivity contribution in [1.82, 2.24) is 15.5 Å². The van der Waals surface area contributed by atoms with Crippen molar-refractivity contribution in [3.8, 4) is 11.5 Å². The smallest absolute Gasteiger partial charge is 0.320 e. The number of hydrogen-bond acceptors (Lipinski definition) is 4. The van der Waals surface area contributed by atoms with Crippen LogP contribution >= 0.6 is 0 Å². The van der Waals surface area contributed by atoms with Gasteiger partial charge >= 0.3 is 6.03 Å². The molecular weight excluding hydrogens is 390 g/mol. The number of benzene rings is 3. The standard InChI is InChI=1S/C22H16F2N4O2/c23-16-11-12-18(17(24)13-16)25-22(29)26-19(14-7-3-1-4-8-14)21-28-27-20(30-21)15-9-5-2-6-10-15/h1-13,19H,(H2,25,26,29). The number of nitrogens with one attached hydrogen (secondary N) is 2. The minimum Gasteiger partial charge on any atom is -0.418 e. The zero-order valence-corrected chi connectivity index (χ0v) is 15.5. The highest BCUT2D eigenvalue weighted by atomic mass is 19.1. The minimum absolute atomic E-state index is 0.156. The van der Waals surface area contributed by atoms with Crippen LogP contribution in [-0.2, 0) is 0 Å². The quantitative estimate of drug-likeness (QED) is 0.493. The maximum Gasteiger partial charge on any atom is 0.320 e. The molecule has 0 saturated heterocycles. The summed E-state index contributed by atoms with van der Waals surface area (Å²) < 4.78 is 32.7. The van der Waals surface area contributed by atoms with Crippen LogP contribution in [0.4, 0.5) is 19.3 Å². The molecule has 0 fully saturated rings. The molecule has 0 saturated carbocycles. The lowest BCUT2D eigenvalue weighted by Gasteiger charge is -2.16. The molecule has 1 heterocycles. The fourth-order valence-electron chi connectivity index (χ4n) is 2.86. The largest absolute Gasteiger partial charge is 0.418 e. The van der Waals surface area contributed by atoms with Gasteiger partial charge in [-0.25, -0.2) is 13.6 Å². The summed E-state index contributed by atoms with van der Waals surface area (Å²) in [5.74, 6) is -1.15. The van der Waals surface area contributed by atoms with Crippen molar-refractivity contribution < 1.29 is 18.0 Å². The fraction of sp³-hybridized carbons (Fsp3) is 0.0455. The lowest BCUT2D eigenvalue weighted by molar-refractivity contribution is 0.248. The summed E-state index contributed by atoms with van der Waals surface area (Å²) in [6, 6.07) is 19.6. The zero-order valence-electron chi connectivity index (χ0n) is 15.5. The molecule has 4 aromatic rings. The Labute approximate surface area is 170 Å². The van der Waals surface area contributed by atoms with E-state index in [2.05, 4.69) is 20.8 Å². The van der Waals surface area contributed by atoms with Gasteiger partial charge in [0.2, 0.25) is 11.8 Å². The Kier molecular flexibility index (Phi) is 5.47. The van der Waals surface area contributed by atoms with E-state index >= 15 is 0 Å². The van der Waals surface area contributed by atoms with Gasteiger partial charge in [0.05, 0.1) is 5.69 Å². The Morgan fingerprint density at radius 2 is 1.60 bits per heavy atom. The number of halogens is 2. The van der Waals surface area contributed by atoms with E-state index in [4.69, 9.17) is 4.42 Å². The number of hydrogen-bond donors (Lipinski definition) is 2. The van der Waals surface area contributed by atoms with Crippen LogP contribution in [0.15, 0.2) is 83.3 Å². The molecule has 0 aliphatic carbocycles. The molecule has 8 heteroatoms. The second kappa shape index (κ2) is 8.52. The Balaban J connectivity index is 1.60. The number of urea groups is 1. The molecule has 0 aliphatic heterocycles. The monoisotopic (exact) mass is 406 g/mol. The maximum atomic E-state index is 13.9. The predicted octanol–water partition coefficient (Wildman–Crippen LogP) is 4.93. The number of carbonyl (C=O) groups excluding carboxylic acids is 1. The minimum atomic E-state index is -0.884. The molecule has 1 atom stereocenters. The number of amides is 2. The molecule has 30 heavy (non-hydrogen) atoms. The molecule has 4 rings (SSSR count). The maximum absolute atomic E-state index is 13.9. The first-order chi connectivity index (χ1) is 14.6. The number of aromatic nitrogens is 2. The van der Waals surface area contributed by atoms with Crippen molar-refractivity contribution in [2.75, 3.05) is 5.32 Å². The third kappa shape index (κ3) is 4.33. The second-order valence-electron chi connectivity index (χ2n) is 6.38. The van der Waals surface area contributed by atoms with Gasteiger partial charge in [0, 0.05) is 11.6 Å². The van der Waals surface area contributed by atoms with E-state index in [0.717, 1.165) is 17.7 Å². The Bertz CT molecular complexity index is 1150. The molecule has 0 aliphatic rings. The van der Waals surface area contributed by atoms with Crippen LogP contribution in [-0.4, -0.2) is 16.2 Å². The third-order valence-corrected chi connectivity index (χ3v) is 4.30. The average Bonchev–Trinajstić information content (AvgIpc) is 3.25. The van der Waals surface area contributed by atoms with Crippen molar-refractivity contribution in [2.24, 2.45) is 0 Å². The first-order valence-electron chi connectivity index (χ1n) is 9.06. The van der Waals surface area contributed by atoms with E-state index < -0.39 is 23.7 Å². The van der Waals surface area contributed by atoms with Crippen molar-refractivity contribution in [1.29, 1.82) is 0 Å². The molecule has 6 nitrogen and oxygen atoms in total. The van der Waals surface area contributed by atoms with Gasteiger partial charge in [-0.05, 0) is 29.8 Å². The molecule has 0 spiro atoms. The van der Waals surface area contributed by atoms with Gasteiger partial charge < -0.3 is 15.1 Å². The summed E-state index contributed by atoms with van der Waals surface area (Å²) in [7, 11) is 0. The van der Waals surface area contributed by atoms with Crippen molar-refractivity contribution >= 4 is 11.7 Å². The van der Waals surface area contributed by atoms with Gasteiger partial charge in [0.15, 0.2) is 0 Å². The van der Waals surface area contributed by atoms with Crippen LogP contribution < -0.4 is 10.6 Å². The van der Waals surface area contributed by atoms with Crippen LogP contribution in [0.3, 0.4) is 0 Å². The summed E-state index contributed by atoms with van der Waals surface area (Å²) in [5.41, 5.74) is 1.27. The van der Waals surface area contributed by atoms with E-state index in [1.165, 1.54) is 0 Å². The van der Waals surface area contributed by atoms with Gasteiger partial charge in [-0.1, -0.05) is 48.5 Å². The molecule has 3 aromatic carbocycles. The van der Waals surface area contributed by atoms with E-state index in [0.29, 0.717) is 17.5 Å². The van der Waals surface area contributed by atoms with Gasteiger partial charge in [0.1, 0.15) is 17.7 Å². The van der Waals surface area contributed by atoms with Crippen LogP contribution in [0.25, 0.3) is 11.5 Å². The fourth-order valence-corrected chi connectivity index (χ4v) is 2.86. The van der Waals surface area contributed by atoms with E-state index in [1.54, 1.807) is 24.3 Å². The normalized spacial score (nSPS) is 11.7. The van der Waals surface area contributed by atoms with Gasteiger partial charge in [-0.2, -0.15) is 0 Å². The van der Waals surface area contributed by atoms with Gasteiger partial charge in [-0.15, -0.1) is 10.2 Å². The topological polar surface area (TPSA) is 80.0 Å². The third-order valence-electron chi connectivity index (χ3n) is 4.30. The molecule has 2 N–H and O–H groups in total. The zero-order chi connectivity index (χ0) is 20.9. The molecule has 1 aromatic heterocycles. The van der Waals surface area contributed by atoms with Crippen molar-refractivity contribution in [2.45, 2.75) is 6.04 Å². The van der Waals surface area contributed by atoms with Crippen LogP contribution in [0.2, 0.25) is 0 Å². The Hall–Kier alpha value is -4.07. The second-order valence-corrected chi connectivity index (χ2v) is 6.38. The number of rotatable bonds is 5. The van der Waals surface area contributed by atoms with E-state index in [9.17, 15) is 13.6 Å². The predicted molar refractivity (Wildman–Crippen MR) is 107 cm³/mol. The highest BCUT2D eigenvalue weighted by molar-refractivity contribution is 5.89. The van der Waals surface area contributed by atoms with Gasteiger partial charge in [0.25, 0.3) is 0 Å². The summed E-state index contributed by atoms with van der Waals surface area (Å²) in [4.78, 5) is 12.5. The summed E-state index contributed by atoms with van der Waals surface area (Å²) >= 11 is 0. The highest BCUT2D eigenvalue weighted by Crippen LogP contribution is 2.25. The Morgan fingerprint density at radius 3 is 2.30 bits per heavy atom.